The Morgan fingerprint density at radius 2 is 2.33 bits per heavy atom. The van der Waals surface area contributed by atoms with Crippen molar-refractivity contribution in [2.45, 2.75) is 19.9 Å². The minimum absolute atomic E-state index is 0.141. The van der Waals surface area contributed by atoms with Gasteiger partial charge in [0.15, 0.2) is 0 Å². The van der Waals surface area contributed by atoms with Crippen molar-refractivity contribution >= 4 is 28.3 Å². The normalized spacial score (nSPS) is 12.5. The van der Waals surface area contributed by atoms with Crippen LogP contribution in [0.4, 0.5) is 0 Å². The molecule has 108 valence electrons. The Bertz CT molecular complexity index is 848. The predicted octanol–water partition coefficient (Wildman–Crippen LogP) is 2.38. The molecule has 3 rings (SSSR count). The molecule has 0 saturated carbocycles. The number of hydrogen-bond acceptors (Lipinski definition) is 5. The molecular weight excluding hydrogens is 290 g/mol. The van der Waals surface area contributed by atoms with Gasteiger partial charge in [-0.1, -0.05) is 6.07 Å². The molecule has 0 aromatic carbocycles. The highest BCUT2D eigenvalue weighted by Gasteiger charge is 2.23. The van der Waals surface area contributed by atoms with E-state index in [1.807, 2.05) is 24.4 Å². The van der Waals surface area contributed by atoms with Gasteiger partial charge in [0.2, 0.25) is 5.71 Å². The molecule has 3 aromatic heterocycles. The van der Waals surface area contributed by atoms with Crippen LogP contribution >= 0.6 is 11.3 Å². The number of aromatic amines is 1. The van der Waals surface area contributed by atoms with Gasteiger partial charge in [0.05, 0.1) is 17.9 Å². The second kappa shape index (κ2) is 5.17. The molecule has 1 atom stereocenters. The van der Waals surface area contributed by atoms with Crippen molar-refractivity contribution in [3.8, 4) is 0 Å². The second-order valence-corrected chi connectivity index (χ2v) is 5.63. The highest BCUT2D eigenvalue weighted by molar-refractivity contribution is 7.10. The highest BCUT2D eigenvalue weighted by Crippen LogP contribution is 2.23. The van der Waals surface area contributed by atoms with E-state index in [1.165, 1.54) is 6.33 Å². The lowest BCUT2D eigenvalue weighted by molar-refractivity contribution is 0.0940. The first-order valence-corrected chi connectivity index (χ1v) is 7.27. The third-order valence-corrected chi connectivity index (χ3v) is 4.27. The molecule has 0 radical (unpaired) electrons. The molecule has 21 heavy (non-hydrogen) atoms. The summed E-state index contributed by atoms with van der Waals surface area (Å²) in [6.07, 6.45) is 1.25. The zero-order valence-electron chi connectivity index (χ0n) is 11.5. The van der Waals surface area contributed by atoms with Gasteiger partial charge in [-0.3, -0.25) is 9.59 Å². The van der Waals surface area contributed by atoms with Crippen LogP contribution in [-0.4, -0.2) is 15.9 Å². The molecule has 0 aliphatic rings. The zero-order valence-corrected chi connectivity index (χ0v) is 12.3. The quantitative estimate of drug-likeness (QED) is 0.777. The third-order valence-electron chi connectivity index (χ3n) is 3.21. The zero-order chi connectivity index (χ0) is 15.0. The van der Waals surface area contributed by atoms with Crippen molar-refractivity contribution in [2.24, 2.45) is 0 Å². The van der Waals surface area contributed by atoms with Crippen LogP contribution in [0.25, 0.3) is 11.1 Å². The van der Waals surface area contributed by atoms with Crippen molar-refractivity contribution in [1.82, 2.24) is 15.3 Å². The summed E-state index contributed by atoms with van der Waals surface area (Å²) in [7, 11) is 0. The molecule has 0 fully saturated rings. The number of thiophene rings is 1. The Morgan fingerprint density at radius 3 is 3.05 bits per heavy atom. The fraction of sp³-hybridized carbons (Fsp3) is 0.214. The number of fused-ring (bicyclic) bond motifs is 1. The maximum absolute atomic E-state index is 12.5. The number of nitrogens with zero attached hydrogens (tertiary/aromatic N) is 1. The van der Waals surface area contributed by atoms with Crippen molar-refractivity contribution in [3.05, 3.63) is 50.4 Å². The summed E-state index contributed by atoms with van der Waals surface area (Å²) in [6, 6.07) is 3.73. The Morgan fingerprint density at radius 1 is 1.52 bits per heavy atom. The summed E-state index contributed by atoms with van der Waals surface area (Å²) >= 11 is 1.56. The number of H-pyrrole nitrogens is 1. The highest BCUT2D eigenvalue weighted by atomic mass is 32.1. The van der Waals surface area contributed by atoms with Crippen LogP contribution < -0.4 is 10.9 Å². The van der Waals surface area contributed by atoms with E-state index in [0.29, 0.717) is 5.76 Å². The van der Waals surface area contributed by atoms with E-state index in [4.69, 9.17) is 4.42 Å². The number of aromatic nitrogens is 2. The average molecular weight is 303 g/mol. The van der Waals surface area contributed by atoms with E-state index in [-0.39, 0.29) is 34.2 Å². The molecule has 7 heteroatoms. The van der Waals surface area contributed by atoms with Crippen LogP contribution in [0.1, 0.15) is 34.0 Å². The molecule has 6 nitrogen and oxygen atoms in total. The largest absolute Gasteiger partial charge is 0.442 e. The summed E-state index contributed by atoms with van der Waals surface area (Å²) < 4.78 is 5.38. The summed E-state index contributed by atoms with van der Waals surface area (Å²) in [5.41, 5.74) is 0.0266. The van der Waals surface area contributed by atoms with Crippen LogP contribution in [0.5, 0.6) is 0 Å². The smallest absolute Gasteiger partial charge is 0.262 e. The fourth-order valence-electron chi connectivity index (χ4n) is 2.20. The number of furan rings is 1. The molecule has 3 heterocycles. The lowest BCUT2D eigenvalue weighted by Gasteiger charge is -2.11. The van der Waals surface area contributed by atoms with Crippen molar-refractivity contribution in [3.63, 3.8) is 0 Å². The molecule has 0 spiro atoms. The number of hydrogen-bond donors (Lipinski definition) is 2. The van der Waals surface area contributed by atoms with Crippen LogP contribution in [-0.2, 0) is 0 Å². The topological polar surface area (TPSA) is 88.0 Å². The number of rotatable bonds is 3. The van der Waals surface area contributed by atoms with Crippen molar-refractivity contribution in [1.29, 1.82) is 0 Å². The van der Waals surface area contributed by atoms with Gasteiger partial charge in [0, 0.05) is 4.88 Å². The van der Waals surface area contributed by atoms with E-state index >= 15 is 0 Å². The third kappa shape index (κ3) is 2.36. The lowest BCUT2D eigenvalue weighted by Crippen LogP contribution is -2.27. The van der Waals surface area contributed by atoms with E-state index in [0.717, 1.165) is 4.88 Å². The Kier molecular flexibility index (Phi) is 3.34. The van der Waals surface area contributed by atoms with Gasteiger partial charge in [-0.05, 0) is 25.3 Å². The van der Waals surface area contributed by atoms with Gasteiger partial charge < -0.3 is 14.7 Å². The van der Waals surface area contributed by atoms with Crippen LogP contribution in [0.2, 0.25) is 0 Å². The van der Waals surface area contributed by atoms with Gasteiger partial charge in [0.1, 0.15) is 11.1 Å². The first-order valence-electron chi connectivity index (χ1n) is 6.39. The Labute approximate surface area is 123 Å². The van der Waals surface area contributed by atoms with E-state index < -0.39 is 0 Å². The summed E-state index contributed by atoms with van der Waals surface area (Å²) in [4.78, 5) is 31.8. The standard InChI is InChI=1S/C14H13N3O3S/c1-7(9-4-3-5-21-9)17-13(19)10-8(2)20-14-11(10)12(18)15-6-16-14/h3-7H,1-2H3,(H,17,19)(H,15,16,18). The molecule has 0 aliphatic heterocycles. The first kappa shape index (κ1) is 13.6. The number of carbonyl (C=O) groups is 1. The number of amides is 1. The molecule has 0 saturated heterocycles. The molecule has 3 aromatic rings. The lowest BCUT2D eigenvalue weighted by atomic mass is 10.1. The molecule has 0 bridgehead atoms. The maximum atomic E-state index is 12.5. The maximum Gasteiger partial charge on any atom is 0.262 e. The Hall–Kier alpha value is -2.41. The molecule has 1 amide bonds. The number of carbonyl (C=O) groups excluding carboxylic acids is 1. The summed E-state index contributed by atoms with van der Waals surface area (Å²) in [5.74, 6) is 0.0377. The SMILES string of the molecule is Cc1oc2nc[nH]c(=O)c2c1C(=O)NC(C)c1cccs1. The van der Waals surface area contributed by atoms with Gasteiger partial charge >= 0.3 is 0 Å². The van der Waals surface area contributed by atoms with Crippen LogP contribution in [0.15, 0.2) is 33.1 Å². The summed E-state index contributed by atoms with van der Waals surface area (Å²) in [5, 5.41) is 5.01. The van der Waals surface area contributed by atoms with Crippen molar-refractivity contribution in [2.75, 3.05) is 0 Å². The number of aryl methyl sites for hydroxylation is 1. The van der Waals surface area contributed by atoms with Crippen LogP contribution in [0.3, 0.4) is 0 Å². The summed E-state index contributed by atoms with van der Waals surface area (Å²) in [6.45, 7) is 3.54. The molecule has 2 N–H and O–H groups in total. The van der Waals surface area contributed by atoms with Gasteiger partial charge in [-0.15, -0.1) is 11.3 Å². The molecular formula is C14H13N3O3S. The first-order chi connectivity index (χ1) is 10.1. The van der Waals surface area contributed by atoms with E-state index in [9.17, 15) is 9.59 Å². The van der Waals surface area contributed by atoms with E-state index in [1.54, 1.807) is 18.3 Å². The number of nitrogens with one attached hydrogen (secondary N) is 2. The molecule has 1 unspecified atom stereocenters. The van der Waals surface area contributed by atoms with Gasteiger partial charge in [-0.25, -0.2) is 4.98 Å². The Balaban J connectivity index is 1.99. The average Bonchev–Trinajstić information content (AvgIpc) is 3.05. The molecule has 0 aliphatic carbocycles. The minimum Gasteiger partial charge on any atom is -0.442 e. The van der Waals surface area contributed by atoms with Crippen molar-refractivity contribution < 1.29 is 9.21 Å². The monoisotopic (exact) mass is 303 g/mol. The van der Waals surface area contributed by atoms with Crippen LogP contribution in [0, 0.1) is 6.92 Å². The predicted molar refractivity (Wildman–Crippen MR) is 79.6 cm³/mol. The van der Waals surface area contributed by atoms with E-state index in [2.05, 4.69) is 15.3 Å². The second-order valence-electron chi connectivity index (χ2n) is 4.66. The van der Waals surface area contributed by atoms with Gasteiger partial charge in [-0.2, -0.15) is 0 Å². The minimum atomic E-state index is -0.384. The van der Waals surface area contributed by atoms with Gasteiger partial charge in [0.25, 0.3) is 11.5 Å². The fourth-order valence-corrected chi connectivity index (χ4v) is 2.94.